The molecular formula is C15H16F3N5S. The van der Waals surface area contributed by atoms with E-state index in [0.29, 0.717) is 10.3 Å². The Labute approximate surface area is 140 Å². The summed E-state index contributed by atoms with van der Waals surface area (Å²) in [5.41, 5.74) is 1.29. The summed E-state index contributed by atoms with van der Waals surface area (Å²) in [6, 6.07) is 5.09. The number of thiophene rings is 1. The van der Waals surface area contributed by atoms with E-state index < -0.39 is 12.0 Å². The highest BCUT2D eigenvalue weighted by molar-refractivity contribution is 7.12. The lowest BCUT2D eigenvalue weighted by molar-refractivity contribution is -0.146. The van der Waals surface area contributed by atoms with Crippen molar-refractivity contribution in [3.05, 3.63) is 39.3 Å². The first kappa shape index (κ1) is 16.7. The number of halogens is 3. The zero-order valence-corrected chi connectivity index (χ0v) is 14.2. The van der Waals surface area contributed by atoms with Gasteiger partial charge in [-0.3, -0.25) is 0 Å². The van der Waals surface area contributed by atoms with E-state index in [1.54, 1.807) is 17.4 Å². The number of nitrogens with one attached hydrogen (secondary N) is 1. The van der Waals surface area contributed by atoms with Gasteiger partial charge in [-0.25, -0.2) is 0 Å². The van der Waals surface area contributed by atoms with Crippen LogP contribution in [0.5, 0.6) is 0 Å². The molecule has 3 rings (SSSR count). The van der Waals surface area contributed by atoms with Gasteiger partial charge in [0.05, 0.1) is 6.04 Å². The van der Waals surface area contributed by atoms with Gasteiger partial charge < -0.3 is 5.32 Å². The monoisotopic (exact) mass is 355 g/mol. The predicted molar refractivity (Wildman–Crippen MR) is 86.3 cm³/mol. The Kier molecular flexibility index (Phi) is 4.20. The van der Waals surface area contributed by atoms with E-state index in [0.717, 1.165) is 11.3 Å². The van der Waals surface area contributed by atoms with Crippen LogP contribution in [0.1, 0.15) is 41.0 Å². The molecule has 0 aromatic carbocycles. The van der Waals surface area contributed by atoms with Crippen molar-refractivity contribution in [3.8, 4) is 0 Å². The molecule has 0 bridgehead atoms. The highest BCUT2D eigenvalue weighted by Crippen LogP contribution is 2.30. The van der Waals surface area contributed by atoms with Gasteiger partial charge in [0.15, 0.2) is 5.65 Å². The average Bonchev–Trinajstić information content (AvgIpc) is 3.09. The topological polar surface area (TPSA) is 55.1 Å². The Hall–Kier alpha value is -2.16. The molecule has 3 aromatic heterocycles. The molecule has 0 spiro atoms. The lowest BCUT2D eigenvalue weighted by Crippen LogP contribution is -2.14. The molecule has 1 unspecified atom stereocenters. The van der Waals surface area contributed by atoms with Crippen molar-refractivity contribution in [3.63, 3.8) is 0 Å². The SMILES string of the molecule is CCc1sc(C(C)Nc2ccc3nnc(C(F)(F)F)n3n2)cc1C. The third kappa shape index (κ3) is 3.08. The average molecular weight is 355 g/mol. The molecule has 0 saturated heterocycles. The number of alkyl halides is 3. The van der Waals surface area contributed by atoms with Crippen LogP contribution in [0.4, 0.5) is 19.0 Å². The van der Waals surface area contributed by atoms with E-state index in [4.69, 9.17) is 0 Å². The maximum Gasteiger partial charge on any atom is 0.453 e. The van der Waals surface area contributed by atoms with Crippen molar-refractivity contribution >= 4 is 22.8 Å². The summed E-state index contributed by atoms with van der Waals surface area (Å²) in [5.74, 6) is -0.793. The zero-order chi connectivity index (χ0) is 17.5. The molecule has 0 aliphatic rings. The van der Waals surface area contributed by atoms with E-state index in [1.165, 1.54) is 16.5 Å². The predicted octanol–water partition coefficient (Wildman–Crippen LogP) is 4.25. The number of nitrogens with zero attached hydrogens (tertiary/aromatic N) is 4. The maximum atomic E-state index is 12.9. The van der Waals surface area contributed by atoms with Crippen LogP contribution in [-0.2, 0) is 12.6 Å². The molecule has 128 valence electrons. The summed E-state index contributed by atoms with van der Waals surface area (Å²) in [7, 11) is 0. The first-order chi connectivity index (χ1) is 11.3. The molecular weight excluding hydrogens is 339 g/mol. The lowest BCUT2D eigenvalue weighted by atomic mass is 10.2. The summed E-state index contributed by atoms with van der Waals surface area (Å²) in [5, 5.41) is 13.8. The smallest absolute Gasteiger partial charge is 0.361 e. The minimum atomic E-state index is -4.60. The third-order valence-electron chi connectivity index (χ3n) is 3.67. The third-order valence-corrected chi connectivity index (χ3v) is 5.23. The van der Waals surface area contributed by atoms with Crippen molar-refractivity contribution in [2.45, 2.75) is 39.4 Å². The number of aromatic nitrogens is 4. The number of hydrogen-bond acceptors (Lipinski definition) is 5. The van der Waals surface area contributed by atoms with Crippen molar-refractivity contribution in [1.82, 2.24) is 19.8 Å². The summed E-state index contributed by atoms with van der Waals surface area (Å²) in [6.07, 6.45) is -3.64. The van der Waals surface area contributed by atoms with Crippen molar-refractivity contribution < 1.29 is 13.2 Å². The zero-order valence-electron chi connectivity index (χ0n) is 13.3. The van der Waals surface area contributed by atoms with Crippen LogP contribution in [-0.4, -0.2) is 19.8 Å². The van der Waals surface area contributed by atoms with Crippen LogP contribution in [0.25, 0.3) is 5.65 Å². The van der Waals surface area contributed by atoms with Crippen molar-refractivity contribution in [2.24, 2.45) is 0 Å². The molecule has 3 heterocycles. The van der Waals surface area contributed by atoms with E-state index in [1.807, 2.05) is 6.92 Å². The van der Waals surface area contributed by atoms with Gasteiger partial charge in [0, 0.05) is 9.75 Å². The van der Waals surface area contributed by atoms with Gasteiger partial charge in [-0.2, -0.15) is 17.7 Å². The second-order valence-corrected chi connectivity index (χ2v) is 6.65. The molecule has 0 aliphatic carbocycles. The van der Waals surface area contributed by atoms with Gasteiger partial charge in [-0.15, -0.1) is 26.6 Å². The van der Waals surface area contributed by atoms with Crippen LogP contribution in [0, 0.1) is 6.92 Å². The molecule has 1 atom stereocenters. The van der Waals surface area contributed by atoms with Gasteiger partial charge in [-0.05, 0) is 44.0 Å². The van der Waals surface area contributed by atoms with Gasteiger partial charge >= 0.3 is 6.18 Å². The number of anilines is 1. The fraction of sp³-hybridized carbons (Fsp3) is 0.400. The molecule has 0 aliphatic heterocycles. The summed E-state index contributed by atoms with van der Waals surface area (Å²) in [4.78, 5) is 2.42. The van der Waals surface area contributed by atoms with E-state index in [2.05, 4.69) is 40.5 Å². The largest absolute Gasteiger partial charge is 0.453 e. The van der Waals surface area contributed by atoms with E-state index in [-0.39, 0.29) is 11.7 Å². The molecule has 0 saturated carbocycles. The van der Waals surface area contributed by atoms with Crippen LogP contribution in [0.2, 0.25) is 0 Å². The standard InChI is InChI=1S/C15H16F3N5S/c1-4-10-8(2)7-11(24-10)9(3)19-12-5-6-13-20-21-14(15(16,17)18)23(13)22-12/h5-7,9H,4H2,1-3H3,(H,19,22). The van der Waals surface area contributed by atoms with Crippen LogP contribution in [0.15, 0.2) is 18.2 Å². The van der Waals surface area contributed by atoms with Crippen LogP contribution in [0.3, 0.4) is 0 Å². The van der Waals surface area contributed by atoms with Crippen molar-refractivity contribution in [2.75, 3.05) is 5.32 Å². The van der Waals surface area contributed by atoms with Crippen LogP contribution < -0.4 is 5.32 Å². The van der Waals surface area contributed by atoms with Crippen molar-refractivity contribution in [1.29, 1.82) is 0 Å². The highest BCUT2D eigenvalue weighted by atomic mass is 32.1. The first-order valence-corrected chi connectivity index (χ1v) is 8.26. The fourth-order valence-electron chi connectivity index (χ4n) is 2.45. The van der Waals surface area contributed by atoms with Gasteiger partial charge in [0.25, 0.3) is 5.82 Å². The summed E-state index contributed by atoms with van der Waals surface area (Å²) >= 11 is 1.70. The Morgan fingerprint density at radius 1 is 1.29 bits per heavy atom. The summed E-state index contributed by atoms with van der Waals surface area (Å²) in [6.45, 7) is 6.11. The Morgan fingerprint density at radius 3 is 2.67 bits per heavy atom. The second-order valence-electron chi connectivity index (χ2n) is 5.48. The molecule has 5 nitrogen and oxygen atoms in total. The molecule has 0 radical (unpaired) electrons. The fourth-order valence-corrected chi connectivity index (χ4v) is 3.57. The first-order valence-electron chi connectivity index (χ1n) is 7.45. The Bertz CT molecular complexity index is 868. The van der Waals surface area contributed by atoms with E-state index in [9.17, 15) is 13.2 Å². The van der Waals surface area contributed by atoms with Gasteiger partial charge in [-0.1, -0.05) is 6.92 Å². The molecule has 0 fully saturated rings. The highest BCUT2D eigenvalue weighted by Gasteiger charge is 2.37. The molecule has 9 heteroatoms. The molecule has 24 heavy (non-hydrogen) atoms. The van der Waals surface area contributed by atoms with E-state index >= 15 is 0 Å². The maximum absolute atomic E-state index is 12.9. The number of fused-ring (bicyclic) bond motifs is 1. The van der Waals surface area contributed by atoms with Crippen LogP contribution >= 0.6 is 11.3 Å². The lowest BCUT2D eigenvalue weighted by Gasteiger charge is -2.13. The quantitative estimate of drug-likeness (QED) is 0.760. The summed E-state index contributed by atoms with van der Waals surface area (Å²) < 4.78 is 39.5. The normalized spacial score (nSPS) is 13.4. The Morgan fingerprint density at radius 2 is 2.04 bits per heavy atom. The Balaban J connectivity index is 1.89. The number of aryl methyl sites for hydroxylation is 2. The van der Waals surface area contributed by atoms with Gasteiger partial charge in [0.2, 0.25) is 0 Å². The number of rotatable bonds is 4. The molecule has 1 N–H and O–H groups in total. The number of hydrogen-bond donors (Lipinski definition) is 1. The minimum Gasteiger partial charge on any atom is -0.361 e. The minimum absolute atomic E-state index is 0.0563. The second kappa shape index (κ2) is 6.04. The molecule has 0 amide bonds. The van der Waals surface area contributed by atoms with Gasteiger partial charge in [0.1, 0.15) is 5.82 Å². The molecule has 3 aromatic rings.